The van der Waals surface area contributed by atoms with Crippen molar-refractivity contribution in [2.75, 3.05) is 5.75 Å². The number of rotatable bonds is 6. The number of hydrogen-bond donors (Lipinski definition) is 0. The summed E-state index contributed by atoms with van der Waals surface area (Å²) in [5.41, 5.74) is 4.57. The first-order valence-corrected chi connectivity index (χ1v) is 11.2. The number of ether oxygens (including phenoxy) is 2. The van der Waals surface area contributed by atoms with Crippen molar-refractivity contribution in [2.45, 2.75) is 18.6 Å². The molecule has 28 heavy (non-hydrogen) atoms. The summed E-state index contributed by atoms with van der Waals surface area (Å²) in [5, 5.41) is 0. The molecule has 4 rings (SSSR count). The van der Waals surface area contributed by atoms with Gasteiger partial charge in [-0.15, -0.1) is 0 Å². The van der Waals surface area contributed by atoms with Gasteiger partial charge in [-0.25, -0.2) is 0 Å². The molecule has 0 radical (unpaired) electrons. The first-order valence-electron chi connectivity index (χ1n) is 9.23. The van der Waals surface area contributed by atoms with E-state index < -0.39 is 0 Å². The molecule has 0 spiro atoms. The topological polar surface area (TPSA) is 18.5 Å². The molecule has 0 aromatic heterocycles. The van der Waals surface area contributed by atoms with Crippen molar-refractivity contribution in [3.63, 3.8) is 0 Å². The van der Waals surface area contributed by atoms with Crippen LogP contribution in [0.3, 0.4) is 0 Å². The second-order valence-electron chi connectivity index (χ2n) is 6.55. The van der Waals surface area contributed by atoms with Crippen molar-refractivity contribution in [3.8, 4) is 5.75 Å². The van der Waals surface area contributed by atoms with Gasteiger partial charge in [-0.05, 0) is 17.7 Å². The molecule has 1 aliphatic rings. The summed E-state index contributed by atoms with van der Waals surface area (Å²) < 4.78 is 13.2. The van der Waals surface area contributed by atoms with E-state index in [0.29, 0.717) is 6.61 Å². The van der Waals surface area contributed by atoms with Gasteiger partial charge in [-0.3, -0.25) is 0 Å². The minimum Gasteiger partial charge on any atom is -0.460 e. The van der Waals surface area contributed by atoms with E-state index in [1.54, 1.807) is 0 Å². The Morgan fingerprint density at radius 2 is 1.75 bits per heavy atom. The van der Waals surface area contributed by atoms with Gasteiger partial charge in [0, 0.05) is 32.7 Å². The average Bonchev–Trinajstić information content (AvgIpc) is 2.74. The molecule has 2 nitrogen and oxygen atoms in total. The zero-order chi connectivity index (χ0) is 19.2. The first-order chi connectivity index (χ1) is 13.8. The Bertz CT molecular complexity index is 942. The molecular formula is C24H21BrO2S. The Labute approximate surface area is 178 Å². The van der Waals surface area contributed by atoms with E-state index in [1.165, 1.54) is 11.1 Å². The van der Waals surface area contributed by atoms with E-state index in [-0.39, 0.29) is 6.29 Å². The van der Waals surface area contributed by atoms with Crippen LogP contribution < -0.4 is 4.74 Å². The van der Waals surface area contributed by atoms with Gasteiger partial charge in [0.25, 0.3) is 0 Å². The molecule has 4 heteroatoms. The van der Waals surface area contributed by atoms with E-state index >= 15 is 0 Å². The Kier molecular flexibility index (Phi) is 6.53. The van der Waals surface area contributed by atoms with Crippen molar-refractivity contribution >= 4 is 33.8 Å². The van der Waals surface area contributed by atoms with Crippen LogP contribution in [-0.2, 0) is 17.1 Å². The van der Waals surface area contributed by atoms with Gasteiger partial charge in [-0.2, -0.15) is 11.8 Å². The fourth-order valence-electron chi connectivity index (χ4n) is 3.14. The molecule has 1 atom stereocenters. The normalized spacial score (nSPS) is 16.0. The highest BCUT2D eigenvalue weighted by molar-refractivity contribution is 9.10. The Morgan fingerprint density at radius 3 is 2.54 bits per heavy atom. The average molecular weight is 453 g/mol. The zero-order valence-corrected chi connectivity index (χ0v) is 17.8. The number of halogens is 1. The highest BCUT2D eigenvalue weighted by Crippen LogP contribution is 2.39. The lowest BCUT2D eigenvalue weighted by atomic mass is 10.1. The second kappa shape index (κ2) is 9.46. The van der Waals surface area contributed by atoms with Crippen molar-refractivity contribution < 1.29 is 9.47 Å². The first kappa shape index (κ1) is 19.3. The third-order valence-corrected chi connectivity index (χ3v) is 5.88. The Hall–Kier alpha value is -2.01. The van der Waals surface area contributed by atoms with Crippen LogP contribution in [0.2, 0.25) is 0 Å². The summed E-state index contributed by atoms with van der Waals surface area (Å²) in [6.45, 7) is 0.555. The van der Waals surface area contributed by atoms with Crippen LogP contribution in [-0.4, -0.2) is 5.75 Å². The van der Waals surface area contributed by atoms with Crippen LogP contribution in [0.25, 0.3) is 6.08 Å². The Balaban J connectivity index is 1.43. The molecule has 0 bridgehead atoms. The van der Waals surface area contributed by atoms with Crippen LogP contribution in [0.5, 0.6) is 5.75 Å². The standard InChI is InChI=1S/C24H21BrO2S/c25-22-14-20-16-26-24(19-11-5-2-6-12-19)27-23(20)21(15-22)17-28-13-7-10-18-8-3-1-4-9-18/h1-12,14-15,24H,13,16-17H2/b10-7+/t24-/m1/s1. The monoisotopic (exact) mass is 452 g/mol. The highest BCUT2D eigenvalue weighted by Gasteiger charge is 2.24. The predicted octanol–water partition coefficient (Wildman–Crippen LogP) is 7.00. The third kappa shape index (κ3) is 4.88. The van der Waals surface area contributed by atoms with Gasteiger partial charge in [0.15, 0.2) is 0 Å². The molecule has 142 valence electrons. The van der Waals surface area contributed by atoms with E-state index in [4.69, 9.17) is 9.47 Å². The summed E-state index contributed by atoms with van der Waals surface area (Å²) >= 11 is 5.50. The fourth-order valence-corrected chi connectivity index (χ4v) is 4.48. The molecule has 3 aromatic rings. The van der Waals surface area contributed by atoms with Crippen molar-refractivity contribution in [3.05, 3.63) is 106 Å². The molecule has 3 aromatic carbocycles. The van der Waals surface area contributed by atoms with E-state index in [0.717, 1.165) is 32.9 Å². The zero-order valence-electron chi connectivity index (χ0n) is 15.4. The molecular weight excluding hydrogens is 432 g/mol. The molecule has 0 saturated carbocycles. The molecule has 0 aliphatic carbocycles. The minimum absolute atomic E-state index is 0.350. The molecule has 0 fully saturated rings. The van der Waals surface area contributed by atoms with Gasteiger partial charge < -0.3 is 9.47 Å². The van der Waals surface area contributed by atoms with Crippen LogP contribution in [0.15, 0.2) is 83.3 Å². The SMILES string of the molecule is Brc1cc2c(c(CSC/C=C/c3ccccc3)c1)O[C@H](c1ccccc1)OC2. The van der Waals surface area contributed by atoms with Crippen LogP contribution in [0.1, 0.15) is 28.5 Å². The molecule has 0 saturated heterocycles. The number of thioether (sulfide) groups is 1. The lowest BCUT2D eigenvalue weighted by Crippen LogP contribution is -2.19. The lowest BCUT2D eigenvalue weighted by molar-refractivity contribution is -0.111. The summed E-state index contributed by atoms with van der Waals surface area (Å²) in [7, 11) is 0. The summed E-state index contributed by atoms with van der Waals surface area (Å²) in [5.74, 6) is 2.81. The molecule has 1 heterocycles. The van der Waals surface area contributed by atoms with Gasteiger partial charge in [0.1, 0.15) is 5.75 Å². The number of hydrogen-bond acceptors (Lipinski definition) is 3. The van der Waals surface area contributed by atoms with Gasteiger partial charge in [-0.1, -0.05) is 88.7 Å². The maximum atomic E-state index is 6.26. The largest absolute Gasteiger partial charge is 0.460 e. The van der Waals surface area contributed by atoms with Gasteiger partial charge >= 0.3 is 0 Å². The quantitative estimate of drug-likeness (QED) is 0.374. The number of benzene rings is 3. The smallest absolute Gasteiger partial charge is 0.227 e. The van der Waals surface area contributed by atoms with Gasteiger partial charge in [0.2, 0.25) is 6.29 Å². The molecule has 0 amide bonds. The third-order valence-electron chi connectivity index (χ3n) is 4.48. The van der Waals surface area contributed by atoms with Crippen LogP contribution >= 0.6 is 27.7 Å². The maximum Gasteiger partial charge on any atom is 0.227 e. The fraction of sp³-hybridized carbons (Fsp3) is 0.167. The summed E-state index contributed by atoms with van der Waals surface area (Å²) in [6.07, 6.45) is 4.02. The molecule has 0 N–H and O–H groups in total. The van der Waals surface area contributed by atoms with Crippen molar-refractivity contribution in [1.29, 1.82) is 0 Å². The molecule has 0 unspecified atom stereocenters. The molecule has 1 aliphatic heterocycles. The second-order valence-corrected chi connectivity index (χ2v) is 8.50. The van der Waals surface area contributed by atoms with Crippen LogP contribution in [0.4, 0.5) is 0 Å². The minimum atomic E-state index is -0.350. The number of fused-ring (bicyclic) bond motifs is 1. The van der Waals surface area contributed by atoms with E-state index in [2.05, 4.69) is 64.5 Å². The van der Waals surface area contributed by atoms with Crippen molar-refractivity contribution in [2.24, 2.45) is 0 Å². The maximum absolute atomic E-state index is 6.26. The summed E-state index contributed by atoms with van der Waals surface area (Å²) in [4.78, 5) is 0. The predicted molar refractivity (Wildman–Crippen MR) is 120 cm³/mol. The van der Waals surface area contributed by atoms with E-state index in [1.807, 2.05) is 48.2 Å². The van der Waals surface area contributed by atoms with Gasteiger partial charge in [0.05, 0.1) is 6.61 Å². The lowest BCUT2D eigenvalue weighted by Gasteiger charge is -2.28. The van der Waals surface area contributed by atoms with E-state index in [9.17, 15) is 0 Å². The summed E-state index contributed by atoms with van der Waals surface area (Å²) in [6, 6.07) is 24.7. The highest BCUT2D eigenvalue weighted by atomic mass is 79.9. The van der Waals surface area contributed by atoms with Crippen molar-refractivity contribution in [1.82, 2.24) is 0 Å². The Morgan fingerprint density at radius 1 is 1.00 bits per heavy atom. The van der Waals surface area contributed by atoms with Crippen LogP contribution in [0, 0.1) is 0 Å².